The van der Waals surface area contributed by atoms with E-state index in [1.165, 1.54) is 17.0 Å². The molecule has 2 amide bonds. The van der Waals surface area contributed by atoms with Gasteiger partial charge in [-0.15, -0.1) is 0 Å². The van der Waals surface area contributed by atoms with Gasteiger partial charge in [-0.25, -0.2) is 8.42 Å². The molecule has 0 heterocycles. The topological polar surface area (TPSA) is 86.8 Å². The van der Waals surface area contributed by atoms with Gasteiger partial charge in [-0.1, -0.05) is 114 Å². The molecular formula is C35H37BrClN3O4S. The maximum Gasteiger partial charge on any atom is 0.264 e. The Bertz CT molecular complexity index is 1700. The summed E-state index contributed by atoms with van der Waals surface area (Å²) >= 11 is 9.99. The first-order valence-electron chi connectivity index (χ1n) is 14.6. The molecule has 4 aromatic carbocycles. The lowest BCUT2D eigenvalue weighted by atomic mass is 10.0. The maximum atomic E-state index is 14.5. The Hall–Kier alpha value is -3.66. The summed E-state index contributed by atoms with van der Waals surface area (Å²) < 4.78 is 30.2. The predicted molar refractivity (Wildman–Crippen MR) is 184 cm³/mol. The van der Waals surface area contributed by atoms with E-state index in [9.17, 15) is 18.0 Å². The summed E-state index contributed by atoms with van der Waals surface area (Å²) in [6.07, 6.45) is 0.240. The van der Waals surface area contributed by atoms with Gasteiger partial charge in [0.2, 0.25) is 11.8 Å². The number of aryl methyl sites for hydroxylation is 1. The van der Waals surface area contributed by atoms with E-state index in [0.29, 0.717) is 6.54 Å². The summed E-state index contributed by atoms with van der Waals surface area (Å²) in [5.74, 6) is -0.671. The molecule has 0 saturated carbocycles. The minimum atomic E-state index is -4.23. The fourth-order valence-corrected chi connectivity index (χ4v) is 6.75. The second-order valence-electron chi connectivity index (χ2n) is 11.3. The van der Waals surface area contributed by atoms with Crippen molar-refractivity contribution < 1.29 is 18.0 Å². The van der Waals surface area contributed by atoms with Gasteiger partial charge < -0.3 is 10.2 Å². The molecule has 1 atom stereocenters. The van der Waals surface area contributed by atoms with Crippen molar-refractivity contribution in [3.8, 4) is 0 Å². The predicted octanol–water partition coefficient (Wildman–Crippen LogP) is 7.02. The molecule has 0 unspecified atom stereocenters. The number of hydrogen-bond acceptors (Lipinski definition) is 4. The summed E-state index contributed by atoms with van der Waals surface area (Å²) in [7, 11) is -4.23. The largest absolute Gasteiger partial charge is 0.354 e. The minimum absolute atomic E-state index is 0.0239. The van der Waals surface area contributed by atoms with E-state index in [4.69, 9.17) is 11.6 Å². The van der Waals surface area contributed by atoms with E-state index in [-0.39, 0.29) is 40.4 Å². The number of hydrogen-bond donors (Lipinski definition) is 1. The molecule has 0 aliphatic carbocycles. The first-order valence-corrected chi connectivity index (χ1v) is 17.3. The zero-order valence-electron chi connectivity index (χ0n) is 25.5. The lowest BCUT2D eigenvalue weighted by Crippen LogP contribution is -2.53. The number of carbonyl (C=O) groups is 2. The summed E-state index contributed by atoms with van der Waals surface area (Å²) in [6, 6.07) is 28.9. The van der Waals surface area contributed by atoms with Crippen LogP contribution in [0.5, 0.6) is 0 Å². The first-order chi connectivity index (χ1) is 21.5. The Morgan fingerprint density at radius 3 is 2.09 bits per heavy atom. The number of sulfonamides is 1. The lowest BCUT2D eigenvalue weighted by molar-refractivity contribution is -0.140. The molecule has 0 radical (unpaired) electrons. The number of benzene rings is 4. The molecule has 4 aromatic rings. The molecule has 4 rings (SSSR count). The van der Waals surface area contributed by atoms with Crippen LogP contribution in [-0.4, -0.2) is 44.3 Å². The van der Waals surface area contributed by atoms with Gasteiger partial charge >= 0.3 is 0 Å². The van der Waals surface area contributed by atoms with Crippen LogP contribution in [0.1, 0.15) is 30.5 Å². The monoisotopic (exact) mass is 709 g/mol. The second-order valence-corrected chi connectivity index (χ2v) is 14.5. The van der Waals surface area contributed by atoms with E-state index in [0.717, 1.165) is 25.5 Å². The van der Waals surface area contributed by atoms with E-state index >= 15 is 0 Å². The van der Waals surface area contributed by atoms with Crippen LogP contribution in [0.2, 0.25) is 5.02 Å². The van der Waals surface area contributed by atoms with Crippen LogP contribution in [0.4, 0.5) is 5.69 Å². The average Bonchev–Trinajstić information content (AvgIpc) is 3.02. The number of rotatable bonds is 13. The molecule has 0 bridgehead atoms. The SMILES string of the molecule is Cc1ccc(S(=O)(=O)N(CC(=O)N(Cc2ccc(Br)cc2)[C@@H](Cc2ccccc2)C(=O)NCC(C)C)c2ccccc2Cl)cc1. The van der Waals surface area contributed by atoms with Crippen LogP contribution < -0.4 is 9.62 Å². The molecule has 0 saturated heterocycles. The highest BCUT2D eigenvalue weighted by Crippen LogP contribution is 2.31. The molecule has 1 N–H and O–H groups in total. The number of halogens is 2. The Labute approximate surface area is 279 Å². The highest BCUT2D eigenvalue weighted by molar-refractivity contribution is 9.10. The minimum Gasteiger partial charge on any atom is -0.354 e. The van der Waals surface area contributed by atoms with Gasteiger partial charge in [0, 0.05) is 24.0 Å². The molecule has 0 aliphatic rings. The van der Waals surface area contributed by atoms with Crippen molar-refractivity contribution in [3.05, 3.63) is 129 Å². The van der Waals surface area contributed by atoms with E-state index < -0.39 is 28.5 Å². The summed E-state index contributed by atoms with van der Waals surface area (Å²) in [4.78, 5) is 29.8. The number of amides is 2. The molecule has 10 heteroatoms. The first kappa shape index (κ1) is 34.2. The van der Waals surface area contributed by atoms with Gasteiger partial charge in [0.25, 0.3) is 10.0 Å². The Morgan fingerprint density at radius 1 is 0.844 bits per heavy atom. The Kier molecular flexibility index (Phi) is 11.8. The summed E-state index contributed by atoms with van der Waals surface area (Å²) in [6.45, 7) is 5.79. The van der Waals surface area contributed by atoms with Crippen LogP contribution in [-0.2, 0) is 32.6 Å². The number of carbonyl (C=O) groups excluding carboxylic acids is 2. The van der Waals surface area contributed by atoms with Crippen LogP contribution in [0, 0.1) is 12.8 Å². The Morgan fingerprint density at radius 2 is 1.47 bits per heavy atom. The van der Waals surface area contributed by atoms with Crippen LogP contribution in [0.25, 0.3) is 0 Å². The third-order valence-corrected chi connectivity index (χ3v) is 9.85. The van der Waals surface area contributed by atoms with Crippen LogP contribution >= 0.6 is 27.5 Å². The average molecular weight is 711 g/mol. The fraction of sp³-hybridized carbons (Fsp3) is 0.257. The van der Waals surface area contributed by atoms with Crippen molar-refractivity contribution in [2.24, 2.45) is 5.92 Å². The summed E-state index contributed by atoms with van der Waals surface area (Å²) in [5, 5.41) is 3.17. The smallest absolute Gasteiger partial charge is 0.264 e. The highest BCUT2D eigenvalue weighted by atomic mass is 79.9. The quantitative estimate of drug-likeness (QED) is 0.162. The van der Waals surface area contributed by atoms with E-state index in [2.05, 4.69) is 21.2 Å². The van der Waals surface area contributed by atoms with Gasteiger partial charge in [0.05, 0.1) is 15.6 Å². The third kappa shape index (κ3) is 9.19. The number of nitrogens with zero attached hydrogens (tertiary/aromatic N) is 2. The molecule has 0 spiro atoms. The summed E-state index contributed by atoms with van der Waals surface area (Å²) in [5.41, 5.74) is 2.71. The van der Waals surface area contributed by atoms with Gasteiger partial charge in [-0.05, 0) is 60.4 Å². The number of para-hydroxylation sites is 1. The fourth-order valence-electron chi connectivity index (χ4n) is 4.77. The Balaban J connectivity index is 1.80. The second kappa shape index (κ2) is 15.6. The van der Waals surface area contributed by atoms with Crippen molar-refractivity contribution in [2.75, 3.05) is 17.4 Å². The van der Waals surface area contributed by atoms with Crippen molar-refractivity contribution in [1.29, 1.82) is 0 Å². The zero-order chi connectivity index (χ0) is 32.6. The molecule has 0 fully saturated rings. The van der Waals surface area contributed by atoms with Crippen LogP contribution in [0.3, 0.4) is 0 Å². The normalized spacial score (nSPS) is 12.0. The van der Waals surface area contributed by atoms with Crippen molar-refractivity contribution in [2.45, 2.75) is 44.7 Å². The maximum absolute atomic E-state index is 14.5. The third-order valence-electron chi connectivity index (χ3n) is 7.23. The molecular weight excluding hydrogens is 674 g/mol. The number of anilines is 1. The van der Waals surface area contributed by atoms with E-state index in [1.807, 2.05) is 75.4 Å². The standard InChI is InChI=1S/C35H37BrClN3O4S/c1-25(2)22-38-35(42)33(21-27-9-5-4-6-10-27)39(23-28-15-17-29(36)18-16-28)34(41)24-40(32-12-8-7-11-31(32)37)45(43,44)30-19-13-26(3)14-20-30/h4-20,25,33H,21-24H2,1-3H3,(H,38,42)/t33-/m0/s1. The van der Waals surface area contributed by atoms with Gasteiger partial charge in [0.15, 0.2) is 0 Å². The van der Waals surface area contributed by atoms with Crippen molar-refractivity contribution in [1.82, 2.24) is 10.2 Å². The zero-order valence-corrected chi connectivity index (χ0v) is 28.6. The molecule has 236 valence electrons. The van der Waals surface area contributed by atoms with Crippen LogP contribution in [0.15, 0.2) is 112 Å². The number of nitrogens with one attached hydrogen (secondary N) is 1. The molecule has 0 aliphatic heterocycles. The van der Waals surface area contributed by atoms with Gasteiger partial charge in [-0.2, -0.15) is 0 Å². The van der Waals surface area contributed by atoms with E-state index in [1.54, 1.807) is 36.4 Å². The van der Waals surface area contributed by atoms with Gasteiger partial charge in [0.1, 0.15) is 12.6 Å². The lowest BCUT2D eigenvalue weighted by Gasteiger charge is -2.34. The molecule has 0 aromatic heterocycles. The van der Waals surface area contributed by atoms with Crippen molar-refractivity contribution in [3.63, 3.8) is 0 Å². The van der Waals surface area contributed by atoms with Gasteiger partial charge in [-0.3, -0.25) is 13.9 Å². The molecule has 7 nitrogen and oxygen atoms in total. The van der Waals surface area contributed by atoms with Crippen molar-refractivity contribution >= 4 is 55.1 Å². The molecule has 45 heavy (non-hydrogen) atoms. The highest BCUT2D eigenvalue weighted by Gasteiger charge is 2.35.